The fourth-order valence-corrected chi connectivity index (χ4v) is 7.69. The Kier molecular flexibility index (Phi) is 6.57. The Labute approximate surface area is 290 Å². The van der Waals surface area contributed by atoms with Crippen LogP contribution in [0.25, 0.3) is 98.6 Å². The maximum Gasteiger partial charge on any atom is 0.0794 e. The summed E-state index contributed by atoms with van der Waals surface area (Å²) in [6.07, 6.45) is 0. The molecule has 10 aromatic rings. The normalized spacial score (nSPS) is 11.6. The van der Waals surface area contributed by atoms with Crippen molar-refractivity contribution in [3.63, 3.8) is 0 Å². The van der Waals surface area contributed by atoms with E-state index in [9.17, 15) is 0 Å². The number of hydrogen-bond acceptors (Lipinski definition) is 1. The van der Waals surface area contributed by atoms with Gasteiger partial charge < -0.3 is 0 Å². The van der Waals surface area contributed by atoms with Gasteiger partial charge >= 0.3 is 0 Å². The van der Waals surface area contributed by atoms with Crippen molar-refractivity contribution in [2.75, 3.05) is 0 Å². The second kappa shape index (κ2) is 11.5. The second-order valence-electron chi connectivity index (χ2n) is 13.1. The Hall–Kier alpha value is -6.57. The average molecular weight is 634 g/mol. The maximum atomic E-state index is 5.29. The van der Waals surface area contributed by atoms with Crippen molar-refractivity contribution in [2.45, 2.75) is 0 Å². The highest BCUT2D eigenvalue weighted by atomic mass is 14.7. The van der Waals surface area contributed by atoms with Gasteiger partial charge in [0.1, 0.15) is 0 Å². The molecule has 10 rings (SSSR count). The van der Waals surface area contributed by atoms with Crippen LogP contribution in [0.5, 0.6) is 0 Å². The molecule has 1 aromatic heterocycles. The molecule has 1 heteroatoms. The molecule has 1 heterocycles. The minimum atomic E-state index is 0.976. The van der Waals surface area contributed by atoms with Crippen molar-refractivity contribution in [2.24, 2.45) is 0 Å². The molecule has 0 amide bonds. The molecule has 50 heavy (non-hydrogen) atoms. The number of pyridine rings is 1. The minimum absolute atomic E-state index is 0.976. The lowest BCUT2D eigenvalue weighted by Crippen LogP contribution is -1.92. The quantitative estimate of drug-likeness (QED) is 0.176. The Balaban J connectivity index is 1.26. The molecule has 0 aliphatic heterocycles. The first-order chi connectivity index (χ1) is 24.8. The van der Waals surface area contributed by atoms with Gasteiger partial charge in [0.2, 0.25) is 0 Å². The van der Waals surface area contributed by atoms with Crippen molar-refractivity contribution in [1.29, 1.82) is 0 Å². The highest BCUT2D eigenvalue weighted by molar-refractivity contribution is 6.13. The SMILES string of the molecule is c1ccc(-c2cc(-c3ccc4c(-c5ccc6ccccc6c5)ccc(-c5ccc6ccccc6c5)c4c3)c3ccc4ccccc4c3n2)cc1. The van der Waals surface area contributed by atoms with Gasteiger partial charge in [0.25, 0.3) is 0 Å². The molecule has 0 unspecified atom stereocenters. The molecule has 0 radical (unpaired) electrons. The predicted molar refractivity (Wildman–Crippen MR) is 214 cm³/mol. The summed E-state index contributed by atoms with van der Waals surface area (Å²) in [6.45, 7) is 0. The standard InChI is InChI=1S/C49H31N/c1-2-13-35(14-3-1)48-31-46(45-25-22-34-12-8-9-17-43(34)49(45)50-48)40-23-24-44-41(38-20-18-32-10-4-6-15-36(32)28-38)26-27-42(47(44)30-40)39-21-19-33-11-5-7-16-37(33)29-39/h1-31H. The van der Waals surface area contributed by atoms with Crippen molar-refractivity contribution in [3.05, 3.63) is 188 Å². The first kappa shape index (κ1) is 28.4. The molecule has 232 valence electrons. The van der Waals surface area contributed by atoms with Crippen LogP contribution in [-0.4, -0.2) is 4.98 Å². The number of benzene rings is 9. The third-order valence-corrected chi connectivity index (χ3v) is 10.2. The molecule has 0 aliphatic rings. The summed E-state index contributed by atoms with van der Waals surface area (Å²) in [4.78, 5) is 5.29. The van der Waals surface area contributed by atoms with E-state index in [1.807, 2.05) is 0 Å². The number of rotatable bonds is 4. The summed E-state index contributed by atoms with van der Waals surface area (Å²) in [5.41, 5.74) is 10.4. The van der Waals surface area contributed by atoms with Crippen molar-refractivity contribution in [1.82, 2.24) is 4.98 Å². The number of fused-ring (bicyclic) bond motifs is 6. The maximum absolute atomic E-state index is 5.29. The Morgan fingerprint density at radius 3 is 1.48 bits per heavy atom. The van der Waals surface area contributed by atoms with Crippen LogP contribution in [0.4, 0.5) is 0 Å². The van der Waals surface area contributed by atoms with Gasteiger partial charge in [-0.1, -0.05) is 164 Å². The van der Waals surface area contributed by atoms with E-state index < -0.39 is 0 Å². The van der Waals surface area contributed by atoms with Gasteiger partial charge in [0.05, 0.1) is 11.2 Å². The molecule has 0 aliphatic carbocycles. The average Bonchev–Trinajstić information content (AvgIpc) is 3.19. The van der Waals surface area contributed by atoms with E-state index in [0.717, 1.165) is 22.2 Å². The monoisotopic (exact) mass is 633 g/mol. The van der Waals surface area contributed by atoms with Crippen LogP contribution in [0.2, 0.25) is 0 Å². The van der Waals surface area contributed by atoms with Crippen LogP contribution in [0, 0.1) is 0 Å². The van der Waals surface area contributed by atoms with Crippen molar-refractivity contribution in [3.8, 4) is 44.6 Å². The van der Waals surface area contributed by atoms with Crippen molar-refractivity contribution < 1.29 is 0 Å². The molecule has 1 nitrogen and oxygen atoms in total. The van der Waals surface area contributed by atoms with Crippen molar-refractivity contribution >= 4 is 54.0 Å². The van der Waals surface area contributed by atoms with Gasteiger partial charge in [-0.3, -0.25) is 0 Å². The molecular formula is C49H31N. The van der Waals surface area contributed by atoms with E-state index in [1.165, 1.54) is 76.5 Å². The summed E-state index contributed by atoms with van der Waals surface area (Å²) >= 11 is 0. The van der Waals surface area contributed by atoms with Gasteiger partial charge in [0.15, 0.2) is 0 Å². The number of nitrogens with zero attached hydrogens (tertiary/aromatic N) is 1. The van der Waals surface area contributed by atoms with Crippen LogP contribution in [0.1, 0.15) is 0 Å². The molecule has 0 bridgehead atoms. The second-order valence-corrected chi connectivity index (χ2v) is 13.1. The predicted octanol–water partition coefficient (Wildman–Crippen LogP) is 13.5. The molecule has 0 atom stereocenters. The van der Waals surface area contributed by atoms with Gasteiger partial charge in [-0.05, 0) is 95.3 Å². The van der Waals surface area contributed by atoms with E-state index >= 15 is 0 Å². The highest BCUT2D eigenvalue weighted by Crippen LogP contribution is 2.42. The minimum Gasteiger partial charge on any atom is -0.247 e. The Morgan fingerprint density at radius 1 is 0.260 bits per heavy atom. The van der Waals surface area contributed by atoms with Crippen LogP contribution in [0.3, 0.4) is 0 Å². The van der Waals surface area contributed by atoms with Crippen LogP contribution in [-0.2, 0) is 0 Å². The summed E-state index contributed by atoms with van der Waals surface area (Å²) in [7, 11) is 0. The molecule has 0 N–H and O–H groups in total. The number of aromatic nitrogens is 1. The zero-order valence-corrected chi connectivity index (χ0v) is 27.3. The Bertz CT molecular complexity index is 2920. The van der Waals surface area contributed by atoms with E-state index in [4.69, 9.17) is 4.98 Å². The van der Waals surface area contributed by atoms with Gasteiger partial charge in [-0.25, -0.2) is 4.98 Å². The van der Waals surface area contributed by atoms with E-state index in [0.29, 0.717) is 0 Å². The van der Waals surface area contributed by atoms with E-state index in [-0.39, 0.29) is 0 Å². The molecule has 0 spiro atoms. The lowest BCUT2D eigenvalue weighted by atomic mass is 9.88. The fraction of sp³-hybridized carbons (Fsp3) is 0. The largest absolute Gasteiger partial charge is 0.247 e. The molecule has 0 saturated carbocycles. The lowest BCUT2D eigenvalue weighted by molar-refractivity contribution is 1.41. The molecular weight excluding hydrogens is 603 g/mol. The fourth-order valence-electron chi connectivity index (χ4n) is 7.69. The molecule has 9 aromatic carbocycles. The first-order valence-corrected chi connectivity index (χ1v) is 17.2. The topological polar surface area (TPSA) is 12.9 Å². The third-order valence-electron chi connectivity index (χ3n) is 10.2. The first-order valence-electron chi connectivity index (χ1n) is 17.2. The lowest BCUT2D eigenvalue weighted by Gasteiger charge is -2.16. The zero-order valence-electron chi connectivity index (χ0n) is 27.3. The van der Waals surface area contributed by atoms with E-state index in [2.05, 4.69) is 188 Å². The highest BCUT2D eigenvalue weighted by Gasteiger charge is 2.16. The zero-order chi connectivity index (χ0) is 33.0. The smallest absolute Gasteiger partial charge is 0.0794 e. The van der Waals surface area contributed by atoms with Crippen LogP contribution < -0.4 is 0 Å². The summed E-state index contributed by atoms with van der Waals surface area (Å²) in [6, 6.07) is 68.4. The van der Waals surface area contributed by atoms with Crippen LogP contribution >= 0.6 is 0 Å². The summed E-state index contributed by atoms with van der Waals surface area (Å²) in [5, 5.41) is 11.0. The Morgan fingerprint density at radius 2 is 0.780 bits per heavy atom. The summed E-state index contributed by atoms with van der Waals surface area (Å²) < 4.78 is 0. The summed E-state index contributed by atoms with van der Waals surface area (Å²) in [5.74, 6) is 0. The van der Waals surface area contributed by atoms with E-state index in [1.54, 1.807) is 0 Å². The molecule has 0 saturated heterocycles. The van der Waals surface area contributed by atoms with Crippen LogP contribution in [0.15, 0.2) is 188 Å². The number of hydrogen-bond donors (Lipinski definition) is 0. The third kappa shape index (κ3) is 4.75. The van der Waals surface area contributed by atoms with Gasteiger partial charge in [-0.2, -0.15) is 0 Å². The van der Waals surface area contributed by atoms with Gasteiger partial charge in [-0.15, -0.1) is 0 Å². The molecule has 0 fully saturated rings. The van der Waals surface area contributed by atoms with Gasteiger partial charge in [0, 0.05) is 16.3 Å².